The van der Waals surface area contributed by atoms with Crippen LogP contribution in [0.4, 0.5) is 4.79 Å². The van der Waals surface area contributed by atoms with E-state index in [1.807, 2.05) is 20.8 Å². The summed E-state index contributed by atoms with van der Waals surface area (Å²) < 4.78 is 1.53. The van der Waals surface area contributed by atoms with E-state index >= 15 is 0 Å². The van der Waals surface area contributed by atoms with E-state index in [2.05, 4.69) is 5.10 Å². The van der Waals surface area contributed by atoms with Crippen molar-refractivity contribution in [3.63, 3.8) is 0 Å². The molecule has 0 aliphatic rings. The van der Waals surface area contributed by atoms with Crippen LogP contribution in [0.2, 0.25) is 15.1 Å². The Morgan fingerprint density at radius 3 is 2.16 bits per heavy atom. The molecule has 0 atom stereocenters. The molecular weight excluding hydrogens is 473 g/mol. The summed E-state index contributed by atoms with van der Waals surface area (Å²) >= 11 is 18.5. The molecular formula is C23H22Cl3N3O3. The Labute approximate surface area is 201 Å². The van der Waals surface area contributed by atoms with Crippen molar-refractivity contribution in [2.24, 2.45) is 5.41 Å². The first-order valence-corrected chi connectivity index (χ1v) is 10.9. The first-order valence-electron chi connectivity index (χ1n) is 9.75. The number of benzene rings is 2. The largest absolute Gasteiger partial charge is 0.465 e. The van der Waals surface area contributed by atoms with Crippen molar-refractivity contribution < 1.29 is 14.7 Å². The van der Waals surface area contributed by atoms with Gasteiger partial charge in [0.25, 0.3) is 5.91 Å². The molecule has 168 valence electrons. The molecule has 0 radical (unpaired) electrons. The summed E-state index contributed by atoms with van der Waals surface area (Å²) in [4.78, 5) is 26.0. The molecule has 3 aromatic rings. The van der Waals surface area contributed by atoms with Gasteiger partial charge in [0.2, 0.25) is 0 Å². The van der Waals surface area contributed by atoms with Crippen LogP contribution >= 0.6 is 34.8 Å². The number of carboxylic acid groups (broad SMARTS) is 1. The molecule has 0 saturated carbocycles. The summed E-state index contributed by atoms with van der Waals surface area (Å²) in [7, 11) is 0. The predicted molar refractivity (Wildman–Crippen MR) is 127 cm³/mol. The number of carbonyl (C=O) groups excluding carboxylic acids is 1. The molecule has 9 heteroatoms. The van der Waals surface area contributed by atoms with Gasteiger partial charge in [-0.05, 0) is 42.7 Å². The van der Waals surface area contributed by atoms with Gasteiger partial charge in [0.1, 0.15) is 0 Å². The molecule has 0 spiro atoms. The molecule has 6 nitrogen and oxygen atoms in total. The third-order valence-electron chi connectivity index (χ3n) is 4.69. The molecule has 0 fully saturated rings. The molecule has 2 aromatic carbocycles. The Morgan fingerprint density at radius 1 is 1.03 bits per heavy atom. The number of hydrogen-bond acceptors (Lipinski definition) is 3. The average molecular weight is 495 g/mol. The number of imide groups is 1. The zero-order valence-electron chi connectivity index (χ0n) is 18.0. The van der Waals surface area contributed by atoms with E-state index in [0.717, 1.165) is 10.5 Å². The predicted octanol–water partition coefficient (Wildman–Crippen LogP) is 6.97. The van der Waals surface area contributed by atoms with Crippen molar-refractivity contribution in [2.45, 2.75) is 27.7 Å². The van der Waals surface area contributed by atoms with Gasteiger partial charge >= 0.3 is 6.09 Å². The fraction of sp³-hybridized carbons (Fsp3) is 0.261. The van der Waals surface area contributed by atoms with Gasteiger partial charge in [-0.1, -0.05) is 67.7 Å². The van der Waals surface area contributed by atoms with Crippen LogP contribution in [0.3, 0.4) is 0 Å². The highest BCUT2D eigenvalue weighted by atomic mass is 35.5. The molecule has 0 unspecified atom stereocenters. The summed E-state index contributed by atoms with van der Waals surface area (Å²) in [6.07, 6.45) is -1.34. The maximum atomic E-state index is 13.3. The van der Waals surface area contributed by atoms with Crippen molar-refractivity contribution in [1.29, 1.82) is 0 Å². The number of amides is 2. The highest BCUT2D eigenvalue weighted by Crippen LogP contribution is 2.34. The van der Waals surface area contributed by atoms with Crippen molar-refractivity contribution >= 4 is 46.8 Å². The third-order valence-corrected chi connectivity index (χ3v) is 5.48. The Bertz CT molecular complexity index is 1180. The summed E-state index contributed by atoms with van der Waals surface area (Å²) in [5.74, 6) is -0.705. The summed E-state index contributed by atoms with van der Waals surface area (Å²) in [5.41, 5.74) is 1.94. The highest BCUT2D eigenvalue weighted by molar-refractivity contribution is 6.35. The lowest BCUT2D eigenvalue weighted by atomic mass is 9.96. The normalized spacial score (nSPS) is 11.5. The van der Waals surface area contributed by atoms with Gasteiger partial charge < -0.3 is 5.11 Å². The van der Waals surface area contributed by atoms with Gasteiger partial charge in [-0.2, -0.15) is 5.10 Å². The Morgan fingerprint density at radius 2 is 1.62 bits per heavy atom. The van der Waals surface area contributed by atoms with Gasteiger partial charge in [0.15, 0.2) is 5.69 Å². The Balaban J connectivity index is 2.23. The molecule has 0 aliphatic carbocycles. The fourth-order valence-corrected chi connectivity index (χ4v) is 3.92. The number of carbonyl (C=O) groups is 2. The topological polar surface area (TPSA) is 75.4 Å². The van der Waals surface area contributed by atoms with Gasteiger partial charge in [-0.25, -0.2) is 14.4 Å². The van der Waals surface area contributed by atoms with Crippen LogP contribution in [0.15, 0.2) is 42.5 Å². The second kappa shape index (κ2) is 9.14. The van der Waals surface area contributed by atoms with Crippen LogP contribution in [0.5, 0.6) is 0 Å². The van der Waals surface area contributed by atoms with Gasteiger partial charge in [0, 0.05) is 27.7 Å². The number of rotatable bonds is 4. The maximum Gasteiger partial charge on any atom is 0.414 e. The molecule has 0 saturated heterocycles. The van der Waals surface area contributed by atoms with Crippen molar-refractivity contribution in [2.75, 3.05) is 6.54 Å². The maximum absolute atomic E-state index is 13.3. The Hall–Kier alpha value is -2.54. The highest BCUT2D eigenvalue weighted by Gasteiger charge is 2.32. The monoisotopic (exact) mass is 493 g/mol. The van der Waals surface area contributed by atoms with Crippen LogP contribution < -0.4 is 0 Å². The Kier molecular flexibility index (Phi) is 6.89. The smallest absolute Gasteiger partial charge is 0.414 e. The van der Waals surface area contributed by atoms with Crippen LogP contribution in [-0.2, 0) is 0 Å². The molecule has 1 heterocycles. The van der Waals surface area contributed by atoms with E-state index < -0.39 is 17.4 Å². The number of halogens is 3. The second-order valence-electron chi connectivity index (χ2n) is 8.57. The van der Waals surface area contributed by atoms with Gasteiger partial charge in [-0.3, -0.25) is 4.79 Å². The SMILES string of the molecule is Cc1c(C(=O)N(CC(C)(C)C)C(=O)O)nn(-c2ccc(Cl)cc2Cl)c1-c1ccc(Cl)cc1. The lowest BCUT2D eigenvalue weighted by molar-refractivity contribution is 0.0676. The molecule has 1 aromatic heterocycles. The first kappa shape index (κ1) is 24.1. The quantitative estimate of drug-likeness (QED) is 0.425. The number of nitrogens with zero attached hydrogens (tertiary/aromatic N) is 3. The van der Waals surface area contributed by atoms with Crippen LogP contribution in [0, 0.1) is 12.3 Å². The molecule has 3 rings (SSSR count). The number of aromatic nitrogens is 2. The molecule has 1 N–H and O–H groups in total. The van der Waals surface area contributed by atoms with E-state index in [9.17, 15) is 14.7 Å². The van der Waals surface area contributed by atoms with E-state index in [1.165, 1.54) is 4.68 Å². The van der Waals surface area contributed by atoms with E-state index in [-0.39, 0.29) is 12.2 Å². The molecule has 2 amide bonds. The minimum absolute atomic E-state index is 0.0193. The average Bonchev–Trinajstić information content (AvgIpc) is 3.02. The lowest BCUT2D eigenvalue weighted by Gasteiger charge is -2.25. The minimum Gasteiger partial charge on any atom is -0.465 e. The number of hydrogen-bond donors (Lipinski definition) is 1. The van der Waals surface area contributed by atoms with Crippen LogP contribution in [0.1, 0.15) is 36.8 Å². The minimum atomic E-state index is -1.34. The zero-order chi connectivity index (χ0) is 23.8. The van der Waals surface area contributed by atoms with Crippen molar-refractivity contribution in [1.82, 2.24) is 14.7 Å². The summed E-state index contributed by atoms with van der Waals surface area (Å²) in [5, 5.41) is 15.5. The van der Waals surface area contributed by atoms with Crippen LogP contribution in [0.25, 0.3) is 16.9 Å². The molecule has 0 aliphatic heterocycles. The standard InChI is InChI=1S/C23H22Cl3N3O3/c1-13-19(21(30)28(22(31)32)12-23(2,3)4)27-29(18-10-9-16(25)11-17(18)26)20(13)14-5-7-15(24)8-6-14/h5-11H,12H2,1-4H3,(H,31,32). The third kappa shape index (κ3) is 5.09. The summed E-state index contributed by atoms with van der Waals surface area (Å²) in [6, 6.07) is 12.0. The summed E-state index contributed by atoms with van der Waals surface area (Å²) in [6.45, 7) is 7.31. The van der Waals surface area contributed by atoms with E-state index in [1.54, 1.807) is 49.4 Å². The van der Waals surface area contributed by atoms with Gasteiger partial charge in [0.05, 0.1) is 16.4 Å². The fourth-order valence-electron chi connectivity index (χ4n) is 3.30. The lowest BCUT2D eigenvalue weighted by Crippen LogP contribution is -2.41. The van der Waals surface area contributed by atoms with Crippen molar-refractivity contribution in [3.05, 3.63) is 68.8 Å². The first-order chi connectivity index (χ1) is 14.9. The molecule has 32 heavy (non-hydrogen) atoms. The van der Waals surface area contributed by atoms with Crippen LogP contribution in [-0.4, -0.2) is 38.3 Å². The molecule has 0 bridgehead atoms. The van der Waals surface area contributed by atoms with Gasteiger partial charge in [-0.15, -0.1) is 0 Å². The zero-order valence-corrected chi connectivity index (χ0v) is 20.3. The van der Waals surface area contributed by atoms with E-state index in [4.69, 9.17) is 34.8 Å². The van der Waals surface area contributed by atoms with Crippen molar-refractivity contribution in [3.8, 4) is 16.9 Å². The second-order valence-corrected chi connectivity index (χ2v) is 9.85. The van der Waals surface area contributed by atoms with E-state index in [0.29, 0.717) is 32.0 Å².